The van der Waals surface area contributed by atoms with Crippen molar-refractivity contribution in [2.24, 2.45) is 11.8 Å². The number of amides is 1. The Balaban J connectivity index is 1.60. The zero-order valence-corrected chi connectivity index (χ0v) is 40.3. The summed E-state index contributed by atoms with van der Waals surface area (Å²) >= 11 is 0. The number of unbranched alkanes of at least 4 members (excludes halogenated alkanes) is 14. The van der Waals surface area contributed by atoms with Crippen LogP contribution in [0.25, 0.3) is 0 Å². The standard InChI is InChI=1S/C47H87NO20/c1-4-6-7-8-9-10-11-12-13-14-15-16-17-18-19-20-35(55)48-29(36(56)30(52)5-2)26-64-33-21-28(23-49)43(40(60)38(33)58)66-45-41(61)44(39(59)34(25-51)65-45)68-47(46(62)63)22-31(53)27(3)42(67-47)37(57)32(54)24-50/h27-34,36-45,49-54,56-61H,4-26H2,1-3H3,(H,48,55)(H,62,63)/t27-,28+,29+,30-,31?,32-,33-,34?,36+,37-,38?,39+,40?,41?,42-,43-,44+,45+,47+/m1/s1. The van der Waals surface area contributed by atoms with Crippen LogP contribution in [0.15, 0.2) is 0 Å². The maximum Gasteiger partial charge on any atom is 0.364 e. The molecule has 2 heterocycles. The largest absolute Gasteiger partial charge is 0.477 e. The lowest BCUT2D eigenvalue weighted by Gasteiger charge is -2.50. The molecule has 0 spiro atoms. The summed E-state index contributed by atoms with van der Waals surface area (Å²) < 4.78 is 28.8. The lowest BCUT2D eigenvalue weighted by molar-refractivity contribution is -0.380. The van der Waals surface area contributed by atoms with Gasteiger partial charge in [-0.2, -0.15) is 0 Å². The summed E-state index contributed by atoms with van der Waals surface area (Å²) in [5.74, 6) is -7.21. The average Bonchev–Trinajstić information content (AvgIpc) is 3.32. The van der Waals surface area contributed by atoms with Crippen LogP contribution in [0.1, 0.15) is 143 Å². The predicted octanol–water partition coefficient (Wildman–Crippen LogP) is -0.526. The molecule has 3 fully saturated rings. The molecule has 1 saturated carbocycles. The van der Waals surface area contributed by atoms with Gasteiger partial charge in [0.1, 0.15) is 54.9 Å². The molecule has 1 aliphatic carbocycles. The fourth-order valence-corrected chi connectivity index (χ4v) is 9.41. The highest BCUT2D eigenvalue weighted by atomic mass is 16.8. The van der Waals surface area contributed by atoms with E-state index >= 15 is 0 Å². The van der Waals surface area contributed by atoms with Gasteiger partial charge < -0.3 is 95.4 Å². The van der Waals surface area contributed by atoms with Crippen molar-refractivity contribution in [1.29, 1.82) is 0 Å². The summed E-state index contributed by atoms with van der Waals surface area (Å²) in [7, 11) is 0. The molecule has 0 aromatic carbocycles. The molecule has 14 N–H and O–H groups in total. The summed E-state index contributed by atoms with van der Waals surface area (Å²) in [6, 6.07) is -1.12. The van der Waals surface area contributed by atoms with Gasteiger partial charge in [0.2, 0.25) is 5.91 Å². The number of ether oxygens (including phenoxy) is 5. The molecule has 5 unspecified atom stereocenters. The van der Waals surface area contributed by atoms with Crippen LogP contribution in [0.3, 0.4) is 0 Å². The first-order valence-corrected chi connectivity index (χ1v) is 25.2. The van der Waals surface area contributed by atoms with Gasteiger partial charge in [-0.3, -0.25) is 4.79 Å². The van der Waals surface area contributed by atoms with E-state index in [4.69, 9.17) is 23.7 Å². The number of rotatable bonds is 33. The van der Waals surface area contributed by atoms with Crippen LogP contribution >= 0.6 is 0 Å². The number of carboxylic acids is 1. The number of aliphatic hydroxyl groups excluding tert-OH is 12. The van der Waals surface area contributed by atoms with Gasteiger partial charge in [0.25, 0.3) is 5.79 Å². The third-order valence-corrected chi connectivity index (χ3v) is 14.0. The first-order valence-electron chi connectivity index (χ1n) is 25.2. The van der Waals surface area contributed by atoms with E-state index in [2.05, 4.69) is 12.2 Å². The number of aliphatic hydroxyl groups is 12. The number of aliphatic carboxylic acids is 1. The van der Waals surface area contributed by atoms with Gasteiger partial charge in [-0.25, -0.2) is 4.79 Å². The van der Waals surface area contributed by atoms with Gasteiger partial charge in [-0.05, 0) is 19.3 Å². The Kier molecular flexibility index (Phi) is 27.6. The van der Waals surface area contributed by atoms with Crippen LogP contribution in [0.4, 0.5) is 0 Å². The Hall–Kier alpha value is -1.74. The van der Waals surface area contributed by atoms with Crippen LogP contribution < -0.4 is 5.32 Å². The highest BCUT2D eigenvalue weighted by Gasteiger charge is 2.59. The van der Waals surface area contributed by atoms with Crippen molar-refractivity contribution < 1.29 is 99.7 Å². The van der Waals surface area contributed by atoms with E-state index in [0.29, 0.717) is 6.42 Å². The normalized spacial score (nSPS) is 34.5. The lowest BCUT2D eigenvalue weighted by atomic mass is 9.80. The zero-order chi connectivity index (χ0) is 50.6. The predicted molar refractivity (Wildman–Crippen MR) is 242 cm³/mol. The maximum atomic E-state index is 13.0. The molecular formula is C47H87NO20. The van der Waals surface area contributed by atoms with Crippen molar-refractivity contribution >= 4 is 11.9 Å². The molecule has 21 heteroatoms. The summed E-state index contributed by atoms with van der Waals surface area (Å²) in [6.45, 7) is 2.27. The van der Waals surface area contributed by atoms with E-state index in [9.17, 15) is 76.0 Å². The molecule has 19 atom stereocenters. The van der Waals surface area contributed by atoms with E-state index in [1.54, 1.807) is 6.92 Å². The third kappa shape index (κ3) is 17.5. The Morgan fingerprint density at radius 1 is 0.735 bits per heavy atom. The smallest absolute Gasteiger partial charge is 0.364 e. The Morgan fingerprint density at radius 2 is 1.31 bits per heavy atom. The molecular weight excluding hydrogens is 899 g/mol. The van der Waals surface area contributed by atoms with Gasteiger partial charge in [-0.1, -0.05) is 111 Å². The Morgan fingerprint density at radius 3 is 1.82 bits per heavy atom. The second-order valence-electron chi connectivity index (χ2n) is 19.3. The van der Waals surface area contributed by atoms with Gasteiger partial charge in [0, 0.05) is 31.3 Å². The molecule has 2 saturated heterocycles. The number of hydrogen-bond donors (Lipinski definition) is 14. The Bertz CT molecular complexity index is 1400. The van der Waals surface area contributed by atoms with Crippen LogP contribution in [0, 0.1) is 11.8 Å². The summed E-state index contributed by atoms with van der Waals surface area (Å²) in [4.78, 5) is 25.8. The van der Waals surface area contributed by atoms with Crippen molar-refractivity contribution in [3.8, 4) is 0 Å². The number of nitrogens with one attached hydrogen (secondary N) is 1. The van der Waals surface area contributed by atoms with Crippen molar-refractivity contribution in [3.05, 3.63) is 0 Å². The number of carboxylic acid groups (broad SMARTS) is 1. The first kappa shape index (κ1) is 60.6. The summed E-state index contributed by atoms with van der Waals surface area (Å²) in [6.07, 6.45) is -8.79. The fourth-order valence-electron chi connectivity index (χ4n) is 9.41. The molecule has 400 valence electrons. The molecule has 0 bridgehead atoms. The van der Waals surface area contributed by atoms with Crippen molar-refractivity contribution in [2.75, 3.05) is 26.4 Å². The average molecular weight is 986 g/mol. The van der Waals surface area contributed by atoms with E-state index in [1.165, 1.54) is 71.1 Å². The van der Waals surface area contributed by atoms with E-state index in [1.807, 2.05) is 0 Å². The topological polar surface area (TPSA) is 355 Å². The molecule has 21 nitrogen and oxygen atoms in total. The zero-order valence-electron chi connectivity index (χ0n) is 40.3. The van der Waals surface area contributed by atoms with Crippen LogP contribution in [-0.4, -0.2) is 208 Å². The molecule has 0 aromatic rings. The van der Waals surface area contributed by atoms with Gasteiger partial charge in [0.05, 0.1) is 56.4 Å². The molecule has 0 aromatic heterocycles. The van der Waals surface area contributed by atoms with Crippen molar-refractivity contribution in [1.82, 2.24) is 5.32 Å². The molecule has 68 heavy (non-hydrogen) atoms. The van der Waals surface area contributed by atoms with Crippen LogP contribution in [-0.2, 0) is 33.3 Å². The second kappa shape index (κ2) is 31.0. The fraction of sp³-hybridized carbons (Fsp3) is 0.957. The maximum absolute atomic E-state index is 13.0. The lowest BCUT2D eigenvalue weighted by Crippen LogP contribution is -2.67. The first-order chi connectivity index (χ1) is 32.4. The monoisotopic (exact) mass is 986 g/mol. The second-order valence-corrected chi connectivity index (χ2v) is 19.3. The van der Waals surface area contributed by atoms with Crippen molar-refractivity contribution in [2.45, 2.75) is 246 Å². The van der Waals surface area contributed by atoms with Gasteiger partial charge >= 0.3 is 5.97 Å². The van der Waals surface area contributed by atoms with Crippen molar-refractivity contribution in [3.63, 3.8) is 0 Å². The molecule has 1 amide bonds. The summed E-state index contributed by atoms with van der Waals surface area (Å²) in [5, 5.41) is 141. The van der Waals surface area contributed by atoms with Crippen LogP contribution in [0.2, 0.25) is 0 Å². The highest BCUT2D eigenvalue weighted by Crippen LogP contribution is 2.40. The summed E-state index contributed by atoms with van der Waals surface area (Å²) in [5.41, 5.74) is 0. The van der Waals surface area contributed by atoms with E-state index in [0.717, 1.165) is 25.7 Å². The molecule has 0 radical (unpaired) electrons. The molecule has 3 aliphatic rings. The minimum absolute atomic E-state index is 0.155. The van der Waals surface area contributed by atoms with E-state index in [-0.39, 0.29) is 25.2 Å². The van der Waals surface area contributed by atoms with Gasteiger partial charge in [-0.15, -0.1) is 0 Å². The highest BCUT2D eigenvalue weighted by molar-refractivity contribution is 5.76. The molecule has 2 aliphatic heterocycles. The minimum Gasteiger partial charge on any atom is -0.477 e. The Labute approximate surface area is 400 Å². The van der Waals surface area contributed by atoms with E-state index < -0.39 is 154 Å². The van der Waals surface area contributed by atoms with Crippen LogP contribution in [0.5, 0.6) is 0 Å². The SMILES string of the molecule is CCCCCCCCCCCCCCCCCC(=O)N[C@@H](CO[C@@H]1C[C@@H](CO)[C@@H](O[C@@H]2OC(CO)[C@H](O)[C@H](O[C@]3(C(=O)O)CC(O)[C@@H](C)[C@H]([C@H](O)[C@H](O)CO)O3)C2O)C(O)C1O)[C@H](O)[C@H](O)CC. The third-order valence-electron chi connectivity index (χ3n) is 14.0. The van der Waals surface area contributed by atoms with Gasteiger partial charge in [0.15, 0.2) is 6.29 Å². The number of carbonyl (C=O) groups is 2. The minimum atomic E-state index is -2.90. The quantitative estimate of drug-likeness (QED) is 0.0368. The number of hydrogen-bond acceptors (Lipinski definition) is 19. The number of carbonyl (C=O) groups excluding carboxylic acids is 1. The molecule has 3 rings (SSSR count).